The Labute approximate surface area is 198 Å². The van der Waals surface area contributed by atoms with Crippen LogP contribution >= 0.6 is 11.8 Å². The van der Waals surface area contributed by atoms with Gasteiger partial charge in [0.1, 0.15) is 11.3 Å². The van der Waals surface area contributed by atoms with Crippen molar-refractivity contribution in [1.29, 1.82) is 0 Å². The molecule has 5 rings (SSSR count). The molecule has 2 amide bonds. The lowest BCUT2D eigenvalue weighted by atomic mass is 10.2. The van der Waals surface area contributed by atoms with Crippen LogP contribution in [-0.2, 0) is 23.9 Å². The van der Waals surface area contributed by atoms with Crippen molar-refractivity contribution in [3.05, 3.63) is 54.3 Å². The van der Waals surface area contributed by atoms with Gasteiger partial charge in [0, 0.05) is 23.1 Å². The van der Waals surface area contributed by atoms with E-state index < -0.39 is 29.3 Å². The molecule has 2 aromatic carbocycles. The van der Waals surface area contributed by atoms with E-state index in [9.17, 15) is 19.2 Å². The number of anilines is 2. The number of thioether (sulfide) groups is 1. The molecule has 1 N–H and O–H groups in total. The zero-order valence-corrected chi connectivity index (χ0v) is 19.0. The minimum absolute atomic E-state index is 0.137. The molecule has 1 unspecified atom stereocenters. The van der Waals surface area contributed by atoms with Gasteiger partial charge in [0.15, 0.2) is 11.5 Å². The van der Waals surface area contributed by atoms with E-state index in [2.05, 4.69) is 5.32 Å². The van der Waals surface area contributed by atoms with Crippen LogP contribution in [0.25, 0.3) is 11.0 Å². The number of rotatable bonds is 6. The molecule has 34 heavy (non-hydrogen) atoms. The Hall–Kier alpha value is -3.79. The molecule has 2 aliphatic heterocycles. The van der Waals surface area contributed by atoms with Crippen molar-refractivity contribution < 1.29 is 33.1 Å². The average molecular weight is 480 g/mol. The van der Waals surface area contributed by atoms with Gasteiger partial charge in [-0.2, -0.15) is 0 Å². The maximum Gasteiger partial charge on any atom is 0.376 e. The largest absolute Gasteiger partial charge is 0.460 e. The molecule has 0 radical (unpaired) electrons. The lowest BCUT2D eigenvalue weighted by Gasteiger charge is -2.28. The second kappa shape index (κ2) is 8.53. The van der Waals surface area contributed by atoms with Crippen LogP contribution in [0.4, 0.5) is 11.4 Å². The summed E-state index contributed by atoms with van der Waals surface area (Å²) < 4.78 is 16.0. The average Bonchev–Trinajstić information content (AvgIpc) is 3.48. The van der Waals surface area contributed by atoms with E-state index in [1.165, 1.54) is 16.7 Å². The molecule has 1 atom stereocenters. The highest BCUT2D eigenvalue weighted by atomic mass is 32.2. The van der Waals surface area contributed by atoms with Crippen molar-refractivity contribution in [3.8, 4) is 0 Å². The highest BCUT2D eigenvalue weighted by molar-refractivity contribution is 8.02. The van der Waals surface area contributed by atoms with Gasteiger partial charge in [0.2, 0.25) is 11.7 Å². The number of benzene rings is 2. The van der Waals surface area contributed by atoms with Gasteiger partial charge in [-0.05, 0) is 31.2 Å². The number of ether oxygens (including phenoxy) is 2. The van der Waals surface area contributed by atoms with Gasteiger partial charge < -0.3 is 19.2 Å². The second-order valence-corrected chi connectivity index (χ2v) is 9.05. The third-order valence-corrected chi connectivity index (χ3v) is 7.10. The zero-order valence-electron chi connectivity index (χ0n) is 18.2. The van der Waals surface area contributed by atoms with Gasteiger partial charge in [-0.25, -0.2) is 9.59 Å². The lowest BCUT2D eigenvalue weighted by molar-refractivity contribution is -0.149. The fourth-order valence-electron chi connectivity index (χ4n) is 4.20. The first kappa shape index (κ1) is 22.0. The standard InChI is InChI=1S/C24H20N2O7S/c1-2-31-22(29)21-20(14-7-3-5-9-16(14)33-21)25-18(27)13-32-23(30)24-12-11-19(28)26(24)15-8-4-6-10-17(15)34-24/h3-10H,2,11-13H2,1H3,(H,25,27). The number of furan rings is 1. The van der Waals surface area contributed by atoms with Crippen LogP contribution in [0.15, 0.2) is 57.8 Å². The number of nitrogens with zero attached hydrogens (tertiary/aromatic N) is 1. The Balaban J connectivity index is 1.33. The van der Waals surface area contributed by atoms with Crippen molar-refractivity contribution >= 4 is 57.9 Å². The number of fused-ring (bicyclic) bond motifs is 4. The molecule has 0 saturated carbocycles. The number of hydrogen-bond acceptors (Lipinski definition) is 8. The molecule has 1 saturated heterocycles. The van der Waals surface area contributed by atoms with E-state index in [-0.39, 0.29) is 36.8 Å². The van der Waals surface area contributed by atoms with E-state index in [0.29, 0.717) is 16.7 Å². The molecule has 0 bridgehead atoms. The highest BCUT2D eigenvalue weighted by Gasteiger charge is 2.58. The van der Waals surface area contributed by atoms with Crippen LogP contribution in [0.1, 0.15) is 30.3 Å². The zero-order chi connectivity index (χ0) is 23.9. The summed E-state index contributed by atoms with van der Waals surface area (Å²) in [6, 6.07) is 14.1. The number of nitrogens with one attached hydrogen (secondary N) is 1. The van der Waals surface area contributed by atoms with E-state index >= 15 is 0 Å². The van der Waals surface area contributed by atoms with Gasteiger partial charge in [0.25, 0.3) is 5.91 Å². The van der Waals surface area contributed by atoms with Crippen molar-refractivity contribution in [2.75, 3.05) is 23.4 Å². The molecule has 1 aromatic heterocycles. The number of carbonyl (C=O) groups excluding carboxylic acids is 4. The summed E-state index contributed by atoms with van der Waals surface area (Å²) in [6.45, 7) is 1.20. The smallest absolute Gasteiger partial charge is 0.376 e. The minimum Gasteiger partial charge on any atom is -0.460 e. The molecular formula is C24H20N2O7S. The third kappa shape index (κ3) is 3.50. The maximum absolute atomic E-state index is 13.1. The SMILES string of the molecule is CCOC(=O)c1oc2ccccc2c1NC(=O)COC(=O)C12CCC(=O)N1c1ccccc1S2. The number of hydrogen-bond donors (Lipinski definition) is 1. The molecule has 2 aliphatic rings. The summed E-state index contributed by atoms with van der Waals surface area (Å²) in [7, 11) is 0. The highest BCUT2D eigenvalue weighted by Crippen LogP contribution is 2.56. The van der Waals surface area contributed by atoms with Gasteiger partial charge in [0.05, 0.1) is 12.3 Å². The summed E-state index contributed by atoms with van der Waals surface area (Å²) in [4.78, 5) is 51.7. The maximum atomic E-state index is 13.1. The number of esters is 2. The fourth-order valence-corrected chi connectivity index (χ4v) is 5.61. The van der Waals surface area contributed by atoms with Crippen molar-refractivity contribution in [2.45, 2.75) is 29.5 Å². The van der Waals surface area contributed by atoms with E-state index in [1.54, 1.807) is 43.3 Å². The molecule has 10 heteroatoms. The van der Waals surface area contributed by atoms with Gasteiger partial charge >= 0.3 is 11.9 Å². The summed E-state index contributed by atoms with van der Waals surface area (Å²) in [6.07, 6.45) is 0.498. The van der Waals surface area contributed by atoms with Crippen molar-refractivity contribution in [1.82, 2.24) is 0 Å². The molecule has 1 fully saturated rings. The van der Waals surface area contributed by atoms with Crippen molar-refractivity contribution in [2.24, 2.45) is 0 Å². The van der Waals surface area contributed by atoms with E-state index in [4.69, 9.17) is 13.9 Å². The Morgan fingerprint density at radius 1 is 1.12 bits per heavy atom. The van der Waals surface area contributed by atoms with Crippen LogP contribution in [-0.4, -0.2) is 41.8 Å². The van der Waals surface area contributed by atoms with Crippen LogP contribution in [0.5, 0.6) is 0 Å². The molecule has 0 aliphatic carbocycles. The Bertz CT molecular complexity index is 1330. The molecule has 3 aromatic rings. The minimum atomic E-state index is -1.22. The summed E-state index contributed by atoms with van der Waals surface area (Å²) in [5.41, 5.74) is 1.21. The predicted molar refractivity (Wildman–Crippen MR) is 124 cm³/mol. The van der Waals surface area contributed by atoms with Crippen LogP contribution in [0.2, 0.25) is 0 Å². The van der Waals surface area contributed by atoms with Gasteiger partial charge in [-0.15, -0.1) is 0 Å². The monoisotopic (exact) mass is 480 g/mol. The first-order chi connectivity index (χ1) is 16.4. The third-order valence-electron chi connectivity index (χ3n) is 5.65. The lowest BCUT2D eigenvalue weighted by Crippen LogP contribution is -2.48. The fraction of sp³-hybridized carbons (Fsp3) is 0.250. The summed E-state index contributed by atoms with van der Waals surface area (Å²) >= 11 is 1.26. The normalized spacial score (nSPS) is 18.5. The Morgan fingerprint density at radius 2 is 1.88 bits per heavy atom. The van der Waals surface area contributed by atoms with Crippen LogP contribution in [0, 0.1) is 0 Å². The van der Waals surface area contributed by atoms with E-state index in [0.717, 1.165) is 4.90 Å². The first-order valence-corrected chi connectivity index (χ1v) is 11.5. The number of amides is 2. The molecule has 174 valence electrons. The Kier molecular flexibility index (Phi) is 5.52. The van der Waals surface area contributed by atoms with Crippen molar-refractivity contribution in [3.63, 3.8) is 0 Å². The predicted octanol–water partition coefficient (Wildman–Crippen LogP) is 3.72. The topological polar surface area (TPSA) is 115 Å². The van der Waals surface area contributed by atoms with Crippen LogP contribution < -0.4 is 10.2 Å². The molecule has 9 nitrogen and oxygen atoms in total. The van der Waals surface area contributed by atoms with Gasteiger partial charge in [-0.3, -0.25) is 14.5 Å². The molecule has 3 heterocycles. The van der Waals surface area contributed by atoms with E-state index in [1.807, 2.05) is 12.1 Å². The Morgan fingerprint density at radius 3 is 2.71 bits per heavy atom. The summed E-state index contributed by atoms with van der Waals surface area (Å²) in [5.74, 6) is -2.35. The first-order valence-electron chi connectivity index (χ1n) is 10.7. The number of carbonyl (C=O) groups is 4. The number of para-hydroxylation sites is 2. The quantitative estimate of drug-likeness (QED) is 0.531. The molecule has 0 spiro atoms. The van der Waals surface area contributed by atoms with Gasteiger partial charge in [-0.1, -0.05) is 36.0 Å². The summed E-state index contributed by atoms with van der Waals surface area (Å²) in [5, 5.41) is 3.12. The second-order valence-electron chi connectivity index (χ2n) is 7.73. The molecular weight excluding hydrogens is 460 g/mol. The van der Waals surface area contributed by atoms with Crippen LogP contribution in [0.3, 0.4) is 0 Å².